The molecule has 17 heavy (non-hydrogen) atoms. The monoisotopic (exact) mass is 238 g/mol. The molecule has 1 fully saturated rings. The van der Waals surface area contributed by atoms with Crippen LogP contribution in [0.25, 0.3) is 0 Å². The maximum absolute atomic E-state index is 9.06. The molecule has 1 aliphatic rings. The van der Waals surface area contributed by atoms with Gasteiger partial charge in [-0.3, -0.25) is 0 Å². The van der Waals surface area contributed by atoms with Gasteiger partial charge in [-0.15, -0.1) is 0 Å². The van der Waals surface area contributed by atoms with Crippen molar-refractivity contribution in [2.45, 2.75) is 58.4 Å². The summed E-state index contributed by atoms with van der Waals surface area (Å²) in [6, 6.07) is 2.93. The van der Waals surface area contributed by atoms with E-state index in [-0.39, 0.29) is 5.41 Å². The second-order valence-electron chi connectivity index (χ2n) is 5.80. The molecule has 1 saturated heterocycles. The Bertz CT molecular complexity index is 255. The van der Waals surface area contributed by atoms with Crippen LogP contribution in [0.3, 0.4) is 0 Å². The zero-order chi connectivity index (χ0) is 12.7. The largest absolute Gasteiger partial charge is 0.396 e. The van der Waals surface area contributed by atoms with Crippen LogP contribution in [-0.2, 0) is 0 Å². The Morgan fingerprint density at radius 3 is 2.82 bits per heavy atom. The van der Waals surface area contributed by atoms with E-state index in [4.69, 9.17) is 10.4 Å². The fraction of sp³-hybridized carbons (Fsp3) is 0.929. The summed E-state index contributed by atoms with van der Waals surface area (Å²) in [5, 5.41) is 18.0. The van der Waals surface area contributed by atoms with Gasteiger partial charge in [0, 0.05) is 12.6 Å². The number of rotatable bonds is 6. The number of hydrogen-bond acceptors (Lipinski definition) is 3. The summed E-state index contributed by atoms with van der Waals surface area (Å²) >= 11 is 0. The van der Waals surface area contributed by atoms with Crippen LogP contribution in [0.1, 0.15) is 52.4 Å². The Labute approximate surface area is 105 Å². The third-order valence-electron chi connectivity index (χ3n) is 3.76. The zero-order valence-corrected chi connectivity index (χ0v) is 11.3. The highest BCUT2D eigenvalue weighted by Crippen LogP contribution is 2.24. The fourth-order valence-electron chi connectivity index (χ4n) is 2.61. The van der Waals surface area contributed by atoms with Gasteiger partial charge in [0.2, 0.25) is 0 Å². The van der Waals surface area contributed by atoms with Gasteiger partial charge in [0.05, 0.1) is 11.5 Å². The van der Waals surface area contributed by atoms with Crippen molar-refractivity contribution in [1.29, 1.82) is 5.26 Å². The molecule has 0 aliphatic carbocycles. The molecule has 1 aliphatic heterocycles. The number of nitrogens with zero attached hydrogens (tertiary/aromatic N) is 2. The summed E-state index contributed by atoms with van der Waals surface area (Å²) in [7, 11) is 0. The molecular formula is C14H26N2O. The average Bonchev–Trinajstić information content (AvgIpc) is 2.31. The molecule has 1 rings (SSSR count). The van der Waals surface area contributed by atoms with Gasteiger partial charge in [0.15, 0.2) is 0 Å². The molecule has 0 spiro atoms. The van der Waals surface area contributed by atoms with Crippen molar-refractivity contribution in [2.24, 2.45) is 5.41 Å². The predicted molar refractivity (Wildman–Crippen MR) is 69.5 cm³/mol. The van der Waals surface area contributed by atoms with E-state index < -0.39 is 0 Å². The van der Waals surface area contributed by atoms with E-state index >= 15 is 0 Å². The first-order chi connectivity index (χ1) is 8.09. The summed E-state index contributed by atoms with van der Waals surface area (Å²) in [6.45, 7) is 6.56. The van der Waals surface area contributed by atoms with Gasteiger partial charge in [0.1, 0.15) is 0 Å². The maximum atomic E-state index is 9.06. The van der Waals surface area contributed by atoms with Gasteiger partial charge in [0.25, 0.3) is 0 Å². The number of piperidine rings is 1. The quantitative estimate of drug-likeness (QED) is 0.773. The second-order valence-corrected chi connectivity index (χ2v) is 5.80. The Balaban J connectivity index is 2.31. The lowest BCUT2D eigenvalue weighted by Gasteiger charge is -2.35. The van der Waals surface area contributed by atoms with Crippen molar-refractivity contribution in [3.05, 3.63) is 0 Å². The third kappa shape index (κ3) is 5.06. The first-order valence-corrected chi connectivity index (χ1v) is 6.85. The number of nitriles is 1. The van der Waals surface area contributed by atoms with Crippen molar-refractivity contribution < 1.29 is 5.11 Å². The fourth-order valence-corrected chi connectivity index (χ4v) is 2.61. The van der Waals surface area contributed by atoms with Crippen LogP contribution in [0.15, 0.2) is 0 Å². The maximum Gasteiger partial charge on any atom is 0.0683 e. The average molecular weight is 238 g/mol. The highest BCUT2D eigenvalue weighted by Gasteiger charge is 2.22. The van der Waals surface area contributed by atoms with Crippen LogP contribution in [-0.4, -0.2) is 35.7 Å². The van der Waals surface area contributed by atoms with Crippen molar-refractivity contribution >= 4 is 0 Å². The van der Waals surface area contributed by atoms with Crippen LogP contribution < -0.4 is 0 Å². The Kier molecular flexibility index (Phi) is 5.94. The molecule has 3 heteroatoms. The van der Waals surface area contributed by atoms with Gasteiger partial charge < -0.3 is 10.0 Å². The zero-order valence-electron chi connectivity index (χ0n) is 11.3. The van der Waals surface area contributed by atoms with Crippen molar-refractivity contribution in [3.63, 3.8) is 0 Å². The predicted octanol–water partition coefficient (Wildman–Crippen LogP) is 2.55. The Morgan fingerprint density at radius 2 is 2.18 bits per heavy atom. The minimum atomic E-state index is -0.192. The Morgan fingerprint density at radius 1 is 1.41 bits per heavy atom. The van der Waals surface area contributed by atoms with Crippen LogP contribution in [0.5, 0.6) is 0 Å². The van der Waals surface area contributed by atoms with E-state index in [1.807, 2.05) is 13.8 Å². The number of hydrogen-bond donors (Lipinski definition) is 1. The number of aliphatic hydroxyl groups excluding tert-OH is 1. The summed E-state index contributed by atoms with van der Waals surface area (Å²) in [5.41, 5.74) is -0.192. The van der Waals surface area contributed by atoms with Gasteiger partial charge in [-0.05, 0) is 59.0 Å². The summed E-state index contributed by atoms with van der Waals surface area (Å²) in [4.78, 5) is 2.51. The third-order valence-corrected chi connectivity index (χ3v) is 3.76. The van der Waals surface area contributed by atoms with E-state index in [0.29, 0.717) is 12.6 Å². The van der Waals surface area contributed by atoms with E-state index in [1.54, 1.807) is 0 Å². The molecule has 3 nitrogen and oxygen atoms in total. The van der Waals surface area contributed by atoms with Crippen LogP contribution in [0.2, 0.25) is 0 Å². The molecule has 0 aromatic heterocycles. The van der Waals surface area contributed by atoms with Gasteiger partial charge >= 0.3 is 0 Å². The summed E-state index contributed by atoms with van der Waals surface area (Å²) in [5.74, 6) is 0. The second kappa shape index (κ2) is 6.98. The van der Waals surface area contributed by atoms with E-state index in [2.05, 4.69) is 11.0 Å². The van der Waals surface area contributed by atoms with Gasteiger partial charge in [-0.1, -0.05) is 6.42 Å². The molecule has 1 heterocycles. The first-order valence-electron chi connectivity index (χ1n) is 6.85. The molecule has 0 bridgehead atoms. The SMILES string of the molecule is CC(C)(C#N)CCCN1CCCCC1CCO. The highest BCUT2D eigenvalue weighted by molar-refractivity contribution is 4.91. The van der Waals surface area contributed by atoms with Crippen molar-refractivity contribution in [2.75, 3.05) is 19.7 Å². The molecule has 1 N–H and O–H groups in total. The molecule has 0 radical (unpaired) electrons. The molecular weight excluding hydrogens is 212 g/mol. The van der Waals surface area contributed by atoms with Crippen LogP contribution in [0, 0.1) is 16.7 Å². The standard InChI is InChI=1S/C14H26N2O/c1-14(2,12-15)8-5-10-16-9-4-3-6-13(16)7-11-17/h13,17H,3-11H2,1-2H3. The lowest BCUT2D eigenvalue weighted by Crippen LogP contribution is -2.40. The van der Waals surface area contributed by atoms with E-state index in [0.717, 1.165) is 32.4 Å². The molecule has 1 unspecified atom stereocenters. The summed E-state index contributed by atoms with van der Waals surface area (Å²) < 4.78 is 0. The van der Waals surface area contributed by atoms with Crippen molar-refractivity contribution in [3.8, 4) is 6.07 Å². The minimum absolute atomic E-state index is 0.192. The number of aliphatic hydroxyl groups is 1. The van der Waals surface area contributed by atoms with Crippen LogP contribution in [0.4, 0.5) is 0 Å². The van der Waals surface area contributed by atoms with Crippen LogP contribution >= 0.6 is 0 Å². The Hall–Kier alpha value is -0.590. The molecule has 0 aromatic carbocycles. The van der Waals surface area contributed by atoms with Gasteiger partial charge in [-0.25, -0.2) is 0 Å². The summed E-state index contributed by atoms with van der Waals surface area (Å²) in [6.07, 6.45) is 6.76. The smallest absolute Gasteiger partial charge is 0.0683 e. The van der Waals surface area contributed by atoms with E-state index in [9.17, 15) is 0 Å². The molecule has 0 amide bonds. The normalized spacial score (nSPS) is 22.4. The van der Waals surface area contributed by atoms with E-state index in [1.165, 1.54) is 19.3 Å². The number of likely N-dealkylation sites (tertiary alicyclic amines) is 1. The molecule has 1 atom stereocenters. The lowest BCUT2D eigenvalue weighted by atomic mass is 9.89. The molecule has 0 aromatic rings. The topological polar surface area (TPSA) is 47.3 Å². The minimum Gasteiger partial charge on any atom is -0.396 e. The van der Waals surface area contributed by atoms with Gasteiger partial charge in [-0.2, -0.15) is 5.26 Å². The first kappa shape index (κ1) is 14.5. The lowest BCUT2D eigenvalue weighted by molar-refractivity contribution is 0.115. The highest BCUT2D eigenvalue weighted by atomic mass is 16.3. The molecule has 0 saturated carbocycles. The van der Waals surface area contributed by atoms with Crippen molar-refractivity contribution in [1.82, 2.24) is 4.90 Å². The molecule has 98 valence electrons.